The van der Waals surface area contributed by atoms with E-state index in [1.165, 1.54) is 6.07 Å². The summed E-state index contributed by atoms with van der Waals surface area (Å²) in [4.78, 5) is 14.3. The summed E-state index contributed by atoms with van der Waals surface area (Å²) < 4.78 is 40.8. The molecule has 0 aliphatic heterocycles. The number of aromatic nitrogens is 2. The van der Waals surface area contributed by atoms with E-state index in [9.17, 15) is 13.6 Å². The van der Waals surface area contributed by atoms with Gasteiger partial charge >= 0.3 is 0 Å². The predicted molar refractivity (Wildman–Crippen MR) is 118 cm³/mol. The second-order valence-electron chi connectivity index (χ2n) is 7.48. The third-order valence-electron chi connectivity index (χ3n) is 5.17. The Morgan fingerprint density at radius 3 is 2.55 bits per heavy atom. The topological polar surface area (TPSA) is 60.5 Å². The van der Waals surface area contributed by atoms with E-state index >= 15 is 0 Å². The first kappa shape index (κ1) is 22.3. The molecule has 0 aliphatic carbocycles. The average Bonchev–Trinajstić information content (AvgIpc) is 3.43. The van der Waals surface area contributed by atoms with E-state index < -0.39 is 11.6 Å². The number of benzene rings is 2. The highest BCUT2D eigenvalue weighted by atomic mass is 19.1. The first-order valence-electron chi connectivity index (χ1n) is 10.5. The molecule has 0 bridgehead atoms. The lowest BCUT2D eigenvalue weighted by atomic mass is 10.2. The minimum Gasteiger partial charge on any atom is -0.467 e. The summed E-state index contributed by atoms with van der Waals surface area (Å²) in [5.74, 6) is -0.886. The lowest BCUT2D eigenvalue weighted by Crippen LogP contribution is -2.29. The molecule has 2 heterocycles. The number of furan rings is 1. The van der Waals surface area contributed by atoms with Gasteiger partial charge < -0.3 is 14.1 Å². The van der Waals surface area contributed by atoms with Crippen LogP contribution in [0.2, 0.25) is 0 Å². The highest BCUT2D eigenvalue weighted by Crippen LogP contribution is 2.33. The van der Waals surface area contributed by atoms with Gasteiger partial charge in [-0.3, -0.25) is 4.79 Å². The lowest BCUT2D eigenvalue weighted by molar-refractivity contribution is -0.132. The van der Waals surface area contributed by atoms with Gasteiger partial charge in [0, 0.05) is 12.5 Å². The molecule has 0 radical (unpaired) electrons. The molecule has 0 atom stereocenters. The molecule has 0 N–H and O–H groups in total. The zero-order valence-electron chi connectivity index (χ0n) is 18.3. The fourth-order valence-electron chi connectivity index (χ4n) is 3.47. The molecule has 6 nitrogen and oxygen atoms in total. The quantitative estimate of drug-likeness (QED) is 0.341. The van der Waals surface area contributed by atoms with Gasteiger partial charge in [0.05, 0.1) is 36.3 Å². The molecule has 8 heteroatoms. The van der Waals surface area contributed by atoms with Crippen LogP contribution in [0, 0.1) is 18.6 Å². The molecule has 1 amide bonds. The summed E-state index contributed by atoms with van der Waals surface area (Å²) in [5.41, 5.74) is 1.92. The second-order valence-corrected chi connectivity index (χ2v) is 7.48. The molecule has 0 aliphatic rings. The molecule has 33 heavy (non-hydrogen) atoms. The van der Waals surface area contributed by atoms with Crippen molar-refractivity contribution in [2.24, 2.45) is 0 Å². The van der Waals surface area contributed by atoms with Crippen LogP contribution in [-0.2, 0) is 17.9 Å². The van der Waals surface area contributed by atoms with Crippen LogP contribution in [0.1, 0.15) is 30.4 Å². The number of rotatable bonds is 8. The van der Waals surface area contributed by atoms with Crippen LogP contribution in [0.4, 0.5) is 8.78 Å². The lowest BCUT2D eigenvalue weighted by Gasteiger charge is -2.22. The minimum absolute atomic E-state index is 0.0860. The number of carbonyl (C=O) groups excluding carboxylic acids is 1. The molecule has 2 aromatic heterocycles. The van der Waals surface area contributed by atoms with Gasteiger partial charge in [-0.15, -0.1) is 0 Å². The van der Waals surface area contributed by atoms with Gasteiger partial charge in [0.2, 0.25) is 11.8 Å². The molecule has 4 rings (SSSR count). The van der Waals surface area contributed by atoms with Crippen molar-refractivity contribution in [3.63, 3.8) is 0 Å². The zero-order valence-corrected chi connectivity index (χ0v) is 18.3. The fourth-order valence-corrected chi connectivity index (χ4v) is 3.47. The number of hydrogen-bond acceptors (Lipinski definition) is 4. The molecule has 0 fully saturated rings. The number of ether oxygens (including phenoxy) is 1. The van der Waals surface area contributed by atoms with Gasteiger partial charge in [-0.1, -0.05) is 25.1 Å². The third-order valence-corrected chi connectivity index (χ3v) is 5.17. The maximum atomic E-state index is 14.4. The SMILES string of the molecule is CCC(=O)N(Cc1ccco1)Cc1c(C)nn(-c2ccccc2)c1Oc1ccc(F)cc1F. The van der Waals surface area contributed by atoms with Crippen molar-refractivity contribution >= 4 is 5.91 Å². The van der Waals surface area contributed by atoms with Crippen molar-refractivity contribution in [1.82, 2.24) is 14.7 Å². The number of aryl methyl sites for hydroxylation is 1. The first-order chi connectivity index (χ1) is 16.0. The van der Waals surface area contributed by atoms with Crippen molar-refractivity contribution in [3.8, 4) is 17.3 Å². The van der Waals surface area contributed by atoms with E-state index in [0.29, 0.717) is 29.1 Å². The summed E-state index contributed by atoms with van der Waals surface area (Å²) in [6, 6.07) is 15.9. The van der Waals surface area contributed by atoms with Gasteiger partial charge in [0.15, 0.2) is 11.6 Å². The number of amides is 1. The van der Waals surface area contributed by atoms with Gasteiger partial charge in [-0.25, -0.2) is 13.5 Å². The van der Waals surface area contributed by atoms with Crippen LogP contribution in [-0.4, -0.2) is 20.6 Å². The van der Waals surface area contributed by atoms with Gasteiger partial charge in [-0.05, 0) is 43.3 Å². The van der Waals surface area contributed by atoms with E-state index in [4.69, 9.17) is 9.15 Å². The monoisotopic (exact) mass is 451 g/mol. The Kier molecular flexibility index (Phi) is 6.53. The molecule has 0 saturated carbocycles. The van der Waals surface area contributed by atoms with Gasteiger partial charge in [-0.2, -0.15) is 5.10 Å². The van der Waals surface area contributed by atoms with Crippen LogP contribution < -0.4 is 4.74 Å². The summed E-state index contributed by atoms with van der Waals surface area (Å²) in [6.07, 6.45) is 1.85. The summed E-state index contributed by atoms with van der Waals surface area (Å²) in [7, 11) is 0. The Balaban J connectivity index is 1.77. The van der Waals surface area contributed by atoms with Crippen LogP contribution in [0.5, 0.6) is 11.6 Å². The summed E-state index contributed by atoms with van der Waals surface area (Å²) in [6.45, 7) is 4.01. The minimum atomic E-state index is -0.837. The smallest absolute Gasteiger partial charge is 0.228 e. The van der Waals surface area contributed by atoms with Crippen LogP contribution in [0.3, 0.4) is 0 Å². The highest BCUT2D eigenvalue weighted by Gasteiger charge is 2.24. The molecule has 2 aromatic carbocycles. The van der Waals surface area contributed by atoms with Crippen LogP contribution >= 0.6 is 0 Å². The van der Waals surface area contributed by atoms with Crippen molar-refractivity contribution in [2.75, 3.05) is 0 Å². The van der Waals surface area contributed by atoms with E-state index in [0.717, 1.165) is 12.1 Å². The first-order valence-corrected chi connectivity index (χ1v) is 10.5. The average molecular weight is 451 g/mol. The van der Waals surface area contributed by atoms with Gasteiger partial charge in [0.25, 0.3) is 0 Å². The number of carbonyl (C=O) groups is 1. The third kappa shape index (κ3) is 4.95. The van der Waals surface area contributed by atoms with E-state index in [1.54, 1.807) is 41.8 Å². The largest absolute Gasteiger partial charge is 0.467 e. The highest BCUT2D eigenvalue weighted by molar-refractivity contribution is 5.76. The number of nitrogens with zero attached hydrogens (tertiary/aromatic N) is 3. The van der Waals surface area contributed by atoms with Crippen molar-refractivity contribution in [2.45, 2.75) is 33.4 Å². The fraction of sp³-hybridized carbons (Fsp3) is 0.200. The summed E-state index contributed by atoms with van der Waals surface area (Å²) in [5, 5.41) is 4.59. The molecular formula is C25H23F2N3O3. The number of para-hydroxylation sites is 1. The molecule has 4 aromatic rings. The Bertz CT molecular complexity index is 1240. The van der Waals surface area contributed by atoms with E-state index in [-0.39, 0.29) is 30.6 Å². The summed E-state index contributed by atoms with van der Waals surface area (Å²) >= 11 is 0. The molecule has 0 saturated heterocycles. The Morgan fingerprint density at radius 2 is 1.88 bits per heavy atom. The second kappa shape index (κ2) is 9.68. The maximum Gasteiger partial charge on any atom is 0.228 e. The number of halogens is 2. The van der Waals surface area contributed by atoms with Crippen molar-refractivity contribution in [3.05, 3.63) is 95.6 Å². The predicted octanol–water partition coefficient (Wildman–Crippen LogP) is 5.78. The standard InChI is InChI=1S/C25H23F2N3O3/c1-3-24(31)29(15-20-10-7-13-32-20)16-21-17(2)28-30(19-8-5-4-6-9-19)25(21)33-23-12-11-18(26)14-22(23)27/h4-14H,3,15-16H2,1-2H3. The zero-order chi connectivity index (χ0) is 23.4. The van der Waals surface area contributed by atoms with Crippen LogP contribution in [0.15, 0.2) is 71.3 Å². The van der Waals surface area contributed by atoms with Crippen molar-refractivity contribution < 1.29 is 22.7 Å². The van der Waals surface area contributed by atoms with Crippen LogP contribution in [0.25, 0.3) is 5.69 Å². The Hall–Kier alpha value is -3.94. The van der Waals surface area contributed by atoms with Gasteiger partial charge in [0.1, 0.15) is 11.6 Å². The van der Waals surface area contributed by atoms with E-state index in [2.05, 4.69) is 5.10 Å². The molecule has 0 unspecified atom stereocenters. The van der Waals surface area contributed by atoms with Crippen molar-refractivity contribution in [1.29, 1.82) is 0 Å². The van der Waals surface area contributed by atoms with E-state index in [1.807, 2.05) is 30.3 Å². The Labute approximate surface area is 190 Å². The number of hydrogen-bond donors (Lipinski definition) is 0. The normalized spacial score (nSPS) is 10.9. The molecular weight excluding hydrogens is 428 g/mol. The molecule has 170 valence electrons. The maximum absolute atomic E-state index is 14.4. The molecule has 0 spiro atoms. The Morgan fingerprint density at radius 1 is 1.09 bits per heavy atom.